The topological polar surface area (TPSA) is 54.9 Å². The largest absolute Gasteiger partial charge is 0.493 e. The Morgan fingerprint density at radius 1 is 1.35 bits per heavy atom. The van der Waals surface area contributed by atoms with Crippen molar-refractivity contribution >= 4 is 5.96 Å². The van der Waals surface area contributed by atoms with Gasteiger partial charge in [0.1, 0.15) is 5.75 Å². The average molecular weight is 317 g/mol. The van der Waals surface area contributed by atoms with Gasteiger partial charge >= 0.3 is 0 Å². The van der Waals surface area contributed by atoms with E-state index in [1.54, 1.807) is 0 Å². The summed E-state index contributed by atoms with van der Waals surface area (Å²) in [6.45, 7) is 5.21. The molecule has 3 rings (SSSR count). The number of nitrogens with one attached hydrogen (secondary N) is 2. The van der Waals surface area contributed by atoms with Gasteiger partial charge in [-0.2, -0.15) is 0 Å². The minimum Gasteiger partial charge on any atom is -0.493 e. The Morgan fingerprint density at radius 3 is 2.91 bits per heavy atom. The number of rotatable bonds is 6. The molecule has 0 aromatic heterocycles. The lowest BCUT2D eigenvalue weighted by Crippen LogP contribution is -2.38. The monoisotopic (exact) mass is 317 g/mol. The van der Waals surface area contributed by atoms with Crippen molar-refractivity contribution < 1.29 is 9.47 Å². The van der Waals surface area contributed by atoms with Crippen LogP contribution in [0.5, 0.6) is 5.75 Å². The predicted octanol–water partition coefficient (Wildman–Crippen LogP) is 2.24. The number of guanidine groups is 1. The van der Waals surface area contributed by atoms with E-state index in [-0.39, 0.29) is 0 Å². The van der Waals surface area contributed by atoms with Crippen molar-refractivity contribution in [1.29, 1.82) is 0 Å². The van der Waals surface area contributed by atoms with Crippen molar-refractivity contribution in [3.63, 3.8) is 0 Å². The highest BCUT2D eigenvalue weighted by Crippen LogP contribution is 2.23. The molecular weight excluding hydrogens is 290 g/mol. The third-order valence-electron chi connectivity index (χ3n) is 4.31. The van der Waals surface area contributed by atoms with Crippen LogP contribution >= 0.6 is 0 Å². The molecule has 0 radical (unpaired) electrons. The summed E-state index contributed by atoms with van der Waals surface area (Å²) >= 11 is 0. The molecule has 1 aliphatic carbocycles. The number of hydrogen-bond donors (Lipinski definition) is 2. The van der Waals surface area contributed by atoms with Crippen LogP contribution < -0.4 is 15.4 Å². The normalized spacial score (nSPS) is 21.3. The maximum atomic E-state index is 6.08. The van der Waals surface area contributed by atoms with E-state index in [1.807, 2.05) is 7.05 Å². The minimum atomic E-state index is 0.514. The summed E-state index contributed by atoms with van der Waals surface area (Å²) in [5.74, 6) is 2.34. The van der Waals surface area contributed by atoms with Gasteiger partial charge in [0.05, 0.1) is 13.2 Å². The van der Waals surface area contributed by atoms with E-state index in [2.05, 4.69) is 40.7 Å². The van der Waals surface area contributed by atoms with Crippen molar-refractivity contribution in [3.05, 3.63) is 29.3 Å². The summed E-state index contributed by atoms with van der Waals surface area (Å²) in [5.41, 5.74) is 2.38. The van der Waals surface area contributed by atoms with E-state index in [0.717, 1.165) is 43.5 Å². The first-order valence-corrected chi connectivity index (χ1v) is 8.52. The number of ether oxygens (including phenoxy) is 2. The van der Waals surface area contributed by atoms with Crippen LogP contribution in [0.25, 0.3) is 0 Å². The standard InChI is InChI=1S/C18H27N3O2/c1-13-3-4-15(10-20-18(19-2)21-16-5-6-16)17(9-13)23-12-14-7-8-22-11-14/h3-4,9,14,16H,5-8,10-12H2,1-2H3,(H2,19,20,21). The highest BCUT2D eigenvalue weighted by molar-refractivity contribution is 5.80. The second-order valence-electron chi connectivity index (χ2n) is 6.50. The van der Waals surface area contributed by atoms with Gasteiger partial charge in [-0.15, -0.1) is 0 Å². The Labute approximate surface area is 138 Å². The van der Waals surface area contributed by atoms with Crippen molar-refractivity contribution in [1.82, 2.24) is 10.6 Å². The van der Waals surface area contributed by atoms with Gasteiger partial charge in [-0.25, -0.2) is 0 Å². The highest BCUT2D eigenvalue weighted by atomic mass is 16.5. The molecular formula is C18H27N3O2. The molecule has 0 bridgehead atoms. The smallest absolute Gasteiger partial charge is 0.191 e. The second kappa shape index (κ2) is 7.68. The minimum absolute atomic E-state index is 0.514. The first-order chi connectivity index (χ1) is 11.2. The van der Waals surface area contributed by atoms with Gasteiger partial charge in [0.2, 0.25) is 0 Å². The van der Waals surface area contributed by atoms with Crippen LogP contribution in [0.3, 0.4) is 0 Å². The molecule has 23 heavy (non-hydrogen) atoms. The number of aryl methyl sites for hydroxylation is 1. The van der Waals surface area contributed by atoms with Crippen LogP contribution in [0.4, 0.5) is 0 Å². The molecule has 1 unspecified atom stereocenters. The van der Waals surface area contributed by atoms with Gasteiger partial charge in [-0.05, 0) is 37.8 Å². The van der Waals surface area contributed by atoms with Crippen molar-refractivity contribution in [2.75, 3.05) is 26.9 Å². The van der Waals surface area contributed by atoms with E-state index in [9.17, 15) is 0 Å². The van der Waals surface area contributed by atoms with E-state index < -0.39 is 0 Å². The fourth-order valence-corrected chi connectivity index (χ4v) is 2.66. The summed E-state index contributed by atoms with van der Waals surface area (Å²) in [6.07, 6.45) is 3.57. The summed E-state index contributed by atoms with van der Waals surface area (Å²) in [7, 11) is 1.81. The fraction of sp³-hybridized carbons (Fsp3) is 0.611. The molecule has 1 saturated heterocycles. The van der Waals surface area contributed by atoms with Crippen molar-refractivity contribution in [2.24, 2.45) is 10.9 Å². The van der Waals surface area contributed by atoms with Crippen LogP contribution in [-0.4, -0.2) is 38.9 Å². The lowest BCUT2D eigenvalue weighted by Gasteiger charge is -2.16. The molecule has 1 aromatic carbocycles. The number of aliphatic imine (C=N–C) groups is 1. The maximum Gasteiger partial charge on any atom is 0.191 e. The molecule has 5 heteroatoms. The third-order valence-corrected chi connectivity index (χ3v) is 4.31. The summed E-state index contributed by atoms with van der Waals surface area (Å²) in [4.78, 5) is 4.28. The molecule has 126 valence electrons. The first kappa shape index (κ1) is 16.1. The average Bonchev–Trinajstić information content (AvgIpc) is 3.22. The highest BCUT2D eigenvalue weighted by Gasteiger charge is 2.22. The van der Waals surface area contributed by atoms with E-state index in [0.29, 0.717) is 18.5 Å². The SMILES string of the molecule is CN=C(NCc1ccc(C)cc1OCC1CCOC1)NC1CC1. The molecule has 5 nitrogen and oxygen atoms in total. The van der Waals surface area contributed by atoms with Crippen LogP contribution in [-0.2, 0) is 11.3 Å². The molecule has 2 N–H and O–H groups in total. The molecule has 2 fully saturated rings. The maximum absolute atomic E-state index is 6.08. The molecule has 1 atom stereocenters. The van der Waals surface area contributed by atoms with Crippen LogP contribution in [0.1, 0.15) is 30.4 Å². The number of benzene rings is 1. The zero-order valence-electron chi connectivity index (χ0n) is 14.1. The third kappa shape index (κ3) is 4.86. The van der Waals surface area contributed by atoms with Crippen molar-refractivity contribution in [2.45, 2.75) is 38.8 Å². The van der Waals surface area contributed by atoms with E-state index >= 15 is 0 Å². The number of hydrogen-bond acceptors (Lipinski definition) is 3. The molecule has 1 saturated carbocycles. The van der Waals surface area contributed by atoms with Gasteiger partial charge < -0.3 is 20.1 Å². The Morgan fingerprint density at radius 2 is 2.22 bits per heavy atom. The zero-order valence-corrected chi connectivity index (χ0v) is 14.1. The van der Waals surface area contributed by atoms with Gasteiger partial charge in [0, 0.05) is 37.7 Å². The fourth-order valence-electron chi connectivity index (χ4n) is 2.66. The molecule has 1 aliphatic heterocycles. The van der Waals surface area contributed by atoms with Gasteiger partial charge in [-0.3, -0.25) is 4.99 Å². The molecule has 0 spiro atoms. The lowest BCUT2D eigenvalue weighted by atomic mass is 10.1. The summed E-state index contributed by atoms with van der Waals surface area (Å²) < 4.78 is 11.5. The van der Waals surface area contributed by atoms with E-state index in [4.69, 9.17) is 9.47 Å². The number of nitrogens with zero attached hydrogens (tertiary/aromatic N) is 1. The lowest BCUT2D eigenvalue weighted by molar-refractivity contribution is 0.166. The molecule has 1 aromatic rings. The van der Waals surface area contributed by atoms with Crippen molar-refractivity contribution in [3.8, 4) is 5.75 Å². The first-order valence-electron chi connectivity index (χ1n) is 8.52. The Balaban J connectivity index is 1.58. The Kier molecular flexibility index (Phi) is 5.39. The van der Waals surface area contributed by atoms with Crippen LogP contribution in [0, 0.1) is 12.8 Å². The Hall–Kier alpha value is -1.75. The summed E-state index contributed by atoms with van der Waals surface area (Å²) in [5, 5.41) is 6.78. The van der Waals surface area contributed by atoms with Gasteiger partial charge in [0.25, 0.3) is 0 Å². The van der Waals surface area contributed by atoms with Gasteiger partial charge in [0.15, 0.2) is 5.96 Å². The predicted molar refractivity (Wildman–Crippen MR) is 92.0 cm³/mol. The molecule has 1 heterocycles. The summed E-state index contributed by atoms with van der Waals surface area (Å²) in [6, 6.07) is 6.97. The second-order valence-corrected chi connectivity index (χ2v) is 6.50. The van der Waals surface area contributed by atoms with E-state index in [1.165, 1.54) is 18.4 Å². The van der Waals surface area contributed by atoms with Crippen LogP contribution in [0.2, 0.25) is 0 Å². The Bertz CT molecular complexity index is 549. The molecule has 2 aliphatic rings. The van der Waals surface area contributed by atoms with Crippen LogP contribution in [0.15, 0.2) is 23.2 Å². The quantitative estimate of drug-likeness (QED) is 0.624. The molecule has 0 amide bonds. The van der Waals surface area contributed by atoms with Gasteiger partial charge in [-0.1, -0.05) is 12.1 Å². The zero-order chi connectivity index (χ0) is 16.1.